The minimum absolute atomic E-state index is 0.0384. The summed E-state index contributed by atoms with van der Waals surface area (Å²) in [4.78, 5) is 23.7. The highest BCUT2D eigenvalue weighted by molar-refractivity contribution is 6.11. The fraction of sp³-hybridized carbons (Fsp3) is 0.125. The molecule has 0 aromatic heterocycles. The highest BCUT2D eigenvalue weighted by atomic mass is 16.5. The molecule has 0 saturated carbocycles. The molecule has 0 aliphatic carbocycles. The van der Waals surface area contributed by atoms with Crippen molar-refractivity contribution < 1.29 is 19.4 Å². The van der Waals surface area contributed by atoms with Gasteiger partial charge in [0.2, 0.25) is 0 Å². The van der Waals surface area contributed by atoms with Crippen LogP contribution in [0.4, 0.5) is 0 Å². The van der Waals surface area contributed by atoms with E-state index in [1.165, 1.54) is 18.2 Å². The molecule has 6 nitrogen and oxygen atoms in total. The number of rotatable bonds is 5. The average Bonchev–Trinajstić information content (AvgIpc) is 2.56. The number of phenols is 1. The zero-order valence-corrected chi connectivity index (χ0v) is 11.8. The Labute approximate surface area is 127 Å². The second kappa shape index (κ2) is 6.84. The van der Waals surface area contributed by atoms with Crippen LogP contribution in [0.15, 0.2) is 42.5 Å². The Morgan fingerprint density at radius 3 is 2.50 bits per heavy atom. The summed E-state index contributed by atoms with van der Waals surface area (Å²) >= 11 is 0. The molecular weight excluding hydrogens is 284 g/mol. The first-order valence-electron chi connectivity index (χ1n) is 6.63. The van der Waals surface area contributed by atoms with Crippen molar-refractivity contribution in [3.8, 4) is 11.5 Å². The van der Waals surface area contributed by atoms with Gasteiger partial charge in [-0.25, -0.2) is 0 Å². The summed E-state index contributed by atoms with van der Waals surface area (Å²) in [7, 11) is 0. The van der Waals surface area contributed by atoms with Crippen molar-refractivity contribution in [1.29, 1.82) is 0 Å². The van der Waals surface area contributed by atoms with Gasteiger partial charge in [0.1, 0.15) is 0 Å². The summed E-state index contributed by atoms with van der Waals surface area (Å²) in [5.41, 5.74) is 11.9. The minimum Gasteiger partial charge on any atom is -0.504 e. The molecule has 0 bridgehead atoms. The lowest BCUT2D eigenvalue weighted by molar-refractivity contribution is -0.132. The van der Waals surface area contributed by atoms with Gasteiger partial charge >= 0.3 is 5.97 Å². The van der Waals surface area contributed by atoms with Gasteiger partial charge in [-0.3, -0.25) is 9.59 Å². The van der Waals surface area contributed by atoms with E-state index in [4.69, 9.17) is 16.2 Å². The molecule has 0 aliphatic rings. The van der Waals surface area contributed by atoms with Gasteiger partial charge in [0.25, 0.3) is 0 Å². The smallest absolute Gasteiger partial charge is 0.325 e. The van der Waals surface area contributed by atoms with E-state index in [9.17, 15) is 14.7 Å². The second-order valence-electron chi connectivity index (χ2n) is 4.56. The first-order chi connectivity index (χ1) is 10.6. The summed E-state index contributed by atoms with van der Waals surface area (Å²) in [5.74, 6) is -1.59. The van der Waals surface area contributed by atoms with E-state index < -0.39 is 17.5 Å². The first-order valence-corrected chi connectivity index (χ1v) is 6.63. The number of ketones is 1. The average molecular weight is 300 g/mol. The lowest BCUT2D eigenvalue weighted by Crippen LogP contribution is -2.19. The van der Waals surface area contributed by atoms with Crippen LogP contribution < -0.4 is 16.2 Å². The van der Waals surface area contributed by atoms with E-state index >= 15 is 0 Å². The number of para-hydroxylation sites is 1. The van der Waals surface area contributed by atoms with Gasteiger partial charge in [0, 0.05) is 12.1 Å². The van der Waals surface area contributed by atoms with Gasteiger partial charge in [-0.2, -0.15) is 0 Å². The fourth-order valence-electron chi connectivity index (χ4n) is 1.95. The van der Waals surface area contributed by atoms with Gasteiger partial charge in [-0.05, 0) is 23.8 Å². The van der Waals surface area contributed by atoms with Crippen molar-refractivity contribution in [1.82, 2.24) is 0 Å². The Balaban J connectivity index is 2.37. The topological polar surface area (TPSA) is 116 Å². The van der Waals surface area contributed by atoms with Crippen LogP contribution in [0.2, 0.25) is 0 Å². The Morgan fingerprint density at radius 1 is 1.09 bits per heavy atom. The molecule has 0 aliphatic heterocycles. The summed E-state index contributed by atoms with van der Waals surface area (Å²) in [6, 6.07) is 11.1. The summed E-state index contributed by atoms with van der Waals surface area (Å²) in [6.07, 6.45) is 0. The predicted molar refractivity (Wildman–Crippen MR) is 80.6 cm³/mol. The summed E-state index contributed by atoms with van der Waals surface area (Å²) in [5, 5.41) is 10.1. The molecule has 0 radical (unpaired) electrons. The number of nitrogens with two attached hydrogens (primary N) is 2. The molecule has 6 heteroatoms. The number of hydrogen-bond acceptors (Lipinski definition) is 6. The number of carbonyl (C=O) groups is 2. The number of hydrogen-bond donors (Lipinski definition) is 3. The van der Waals surface area contributed by atoms with Crippen molar-refractivity contribution in [3.63, 3.8) is 0 Å². The highest BCUT2D eigenvalue weighted by Gasteiger charge is 2.18. The minimum atomic E-state index is -0.704. The number of phenolic OH excluding ortho intramolecular Hbond substituents is 1. The van der Waals surface area contributed by atoms with Crippen molar-refractivity contribution in [3.05, 3.63) is 59.2 Å². The van der Waals surface area contributed by atoms with Crippen LogP contribution in [0, 0.1) is 0 Å². The molecule has 0 atom stereocenters. The molecule has 5 N–H and O–H groups in total. The maximum atomic E-state index is 12.5. The van der Waals surface area contributed by atoms with Crippen LogP contribution in [-0.2, 0) is 11.3 Å². The molecule has 0 saturated heterocycles. The number of carbonyl (C=O) groups excluding carboxylic acids is 2. The first kappa shape index (κ1) is 15.7. The van der Waals surface area contributed by atoms with Crippen LogP contribution in [0.1, 0.15) is 21.5 Å². The van der Waals surface area contributed by atoms with Crippen LogP contribution in [-0.4, -0.2) is 23.4 Å². The maximum Gasteiger partial charge on any atom is 0.325 e. The molecular formula is C16H16N2O4. The van der Waals surface area contributed by atoms with E-state index in [2.05, 4.69) is 0 Å². The van der Waals surface area contributed by atoms with Crippen LogP contribution >= 0.6 is 0 Å². The van der Waals surface area contributed by atoms with Crippen LogP contribution in [0.25, 0.3) is 0 Å². The standard InChI is InChI=1S/C16H16N2O4/c17-8-10-3-1-4-11(7-10)15(20)12-5-2-6-13(16(12)21)22-14(19)9-18/h1-7,21H,8-9,17-18H2. The van der Waals surface area contributed by atoms with Crippen molar-refractivity contribution in [2.24, 2.45) is 11.5 Å². The van der Waals surface area contributed by atoms with Gasteiger partial charge in [-0.1, -0.05) is 24.3 Å². The van der Waals surface area contributed by atoms with Gasteiger partial charge in [0.05, 0.1) is 12.1 Å². The molecule has 0 spiro atoms. The van der Waals surface area contributed by atoms with E-state index in [0.29, 0.717) is 12.1 Å². The Bertz CT molecular complexity index is 713. The lowest BCUT2D eigenvalue weighted by atomic mass is 10.0. The molecule has 0 amide bonds. The Morgan fingerprint density at radius 2 is 1.82 bits per heavy atom. The van der Waals surface area contributed by atoms with Gasteiger partial charge in [-0.15, -0.1) is 0 Å². The molecule has 0 unspecified atom stereocenters. The third-order valence-corrected chi connectivity index (χ3v) is 3.06. The van der Waals surface area contributed by atoms with Gasteiger partial charge < -0.3 is 21.3 Å². The van der Waals surface area contributed by atoms with E-state index in [1.807, 2.05) is 0 Å². The van der Waals surface area contributed by atoms with E-state index in [-0.39, 0.29) is 17.9 Å². The summed E-state index contributed by atoms with van der Waals surface area (Å²) < 4.78 is 4.88. The van der Waals surface area contributed by atoms with Crippen LogP contribution in [0.3, 0.4) is 0 Å². The molecule has 0 heterocycles. The second-order valence-corrected chi connectivity index (χ2v) is 4.56. The third-order valence-electron chi connectivity index (χ3n) is 3.06. The summed E-state index contributed by atoms with van der Waals surface area (Å²) in [6.45, 7) is -0.0165. The van der Waals surface area contributed by atoms with E-state index in [0.717, 1.165) is 5.56 Å². The largest absolute Gasteiger partial charge is 0.504 e. The quantitative estimate of drug-likeness (QED) is 0.430. The third kappa shape index (κ3) is 3.30. The molecule has 114 valence electrons. The normalized spacial score (nSPS) is 10.3. The number of aromatic hydroxyl groups is 1. The van der Waals surface area contributed by atoms with Gasteiger partial charge in [0.15, 0.2) is 17.3 Å². The molecule has 2 aromatic carbocycles. The zero-order chi connectivity index (χ0) is 16.1. The molecule has 0 fully saturated rings. The van der Waals surface area contributed by atoms with Crippen molar-refractivity contribution in [2.45, 2.75) is 6.54 Å². The SMILES string of the molecule is NCC(=O)Oc1cccc(C(=O)c2cccc(CN)c2)c1O. The predicted octanol–water partition coefficient (Wildman–Crippen LogP) is 0.946. The fourth-order valence-corrected chi connectivity index (χ4v) is 1.95. The van der Waals surface area contributed by atoms with Crippen molar-refractivity contribution in [2.75, 3.05) is 6.54 Å². The Kier molecular flexibility index (Phi) is 4.88. The lowest BCUT2D eigenvalue weighted by Gasteiger charge is -2.09. The number of esters is 1. The molecule has 2 rings (SSSR count). The zero-order valence-electron chi connectivity index (χ0n) is 11.8. The maximum absolute atomic E-state index is 12.5. The Hall–Kier alpha value is -2.70. The molecule has 22 heavy (non-hydrogen) atoms. The molecule has 2 aromatic rings. The van der Waals surface area contributed by atoms with Crippen LogP contribution in [0.5, 0.6) is 11.5 Å². The number of benzene rings is 2. The monoisotopic (exact) mass is 300 g/mol. The van der Waals surface area contributed by atoms with E-state index in [1.54, 1.807) is 24.3 Å². The number of ether oxygens (including phenoxy) is 1. The van der Waals surface area contributed by atoms with Crippen molar-refractivity contribution >= 4 is 11.8 Å². The highest BCUT2D eigenvalue weighted by Crippen LogP contribution is 2.31.